The number of carbonyl (C=O) groups is 1. The number of unbranched alkanes of at least 4 members (excludes halogenated alkanes) is 1. The highest BCUT2D eigenvalue weighted by atomic mass is 19.1. The topological polar surface area (TPSA) is 29.5 Å². The largest absolute Gasteiger partial charge is 0.380 e. The number of nitrogens with zero attached hydrogens (tertiary/aromatic N) is 1. The van der Waals surface area contributed by atoms with Crippen molar-refractivity contribution in [3.8, 4) is 0 Å². The molecule has 0 aliphatic heterocycles. The minimum Gasteiger partial charge on any atom is -0.380 e. The SMILES string of the molecule is CCCCOCCN(C(=O)c1ccccc1)c1ccc(F)cc1F. The summed E-state index contributed by atoms with van der Waals surface area (Å²) in [5.41, 5.74) is 0.485. The molecule has 0 aromatic heterocycles. The van der Waals surface area contributed by atoms with Gasteiger partial charge in [0.2, 0.25) is 0 Å². The Hall–Kier alpha value is -2.27. The highest BCUT2D eigenvalue weighted by Gasteiger charge is 2.20. The Balaban J connectivity index is 2.19. The minimum absolute atomic E-state index is 0.0457. The number of amides is 1. The van der Waals surface area contributed by atoms with Gasteiger partial charge in [0.15, 0.2) is 0 Å². The highest BCUT2D eigenvalue weighted by Crippen LogP contribution is 2.22. The first-order chi connectivity index (χ1) is 11.6. The van der Waals surface area contributed by atoms with Crippen LogP contribution in [-0.2, 0) is 4.74 Å². The standard InChI is InChI=1S/C19H21F2NO2/c1-2-3-12-24-13-11-22(18-10-9-16(20)14-17(18)21)19(23)15-7-5-4-6-8-15/h4-10,14H,2-3,11-13H2,1H3. The highest BCUT2D eigenvalue weighted by molar-refractivity contribution is 6.06. The van der Waals surface area contributed by atoms with E-state index in [-0.39, 0.29) is 24.7 Å². The molecule has 0 N–H and O–H groups in total. The summed E-state index contributed by atoms with van der Waals surface area (Å²) < 4.78 is 32.8. The van der Waals surface area contributed by atoms with E-state index in [1.165, 1.54) is 11.0 Å². The molecule has 2 aromatic rings. The Morgan fingerprint density at radius 1 is 1.08 bits per heavy atom. The number of hydrogen-bond acceptors (Lipinski definition) is 2. The number of rotatable bonds is 8. The van der Waals surface area contributed by atoms with Crippen molar-refractivity contribution in [1.82, 2.24) is 0 Å². The molecular formula is C19H21F2NO2. The average molecular weight is 333 g/mol. The van der Waals surface area contributed by atoms with Crippen LogP contribution in [0.2, 0.25) is 0 Å². The Labute approximate surface area is 140 Å². The fraction of sp³-hybridized carbons (Fsp3) is 0.316. The molecule has 128 valence electrons. The first kappa shape index (κ1) is 18.1. The lowest BCUT2D eigenvalue weighted by atomic mass is 10.1. The molecule has 0 radical (unpaired) electrons. The van der Waals surface area contributed by atoms with Gasteiger partial charge in [0, 0.05) is 24.8 Å². The monoisotopic (exact) mass is 333 g/mol. The van der Waals surface area contributed by atoms with Crippen molar-refractivity contribution < 1.29 is 18.3 Å². The van der Waals surface area contributed by atoms with E-state index in [9.17, 15) is 13.6 Å². The van der Waals surface area contributed by atoms with Crippen LogP contribution in [0.1, 0.15) is 30.1 Å². The summed E-state index contributed by atoms with van der Waals surface area (Å²) in [6.07, 6.45) is 1.94. The van der Waals surface area contributed by atoms with Crippen molar-refractivity contribution in [2.45, 2.75) is 19.8 Å². The zero-order chi connectivity index (χ0) is 17.4. The van der Waals surface area contributed by atoms with Crippen molar-refractivity contribution in [2.24, 2.45) is 0 Å². The van der Waals surface area contributed by atoms with E-state index in [2.05, 4.69) is 6.92 Å². The lowest BCUT2D eigenvalue weighted by Crippen LogP contribution is -2.35. The first-order valence-corrected chi connectivity index (χ1v) is 8.03. The van der Waals surface area contributed by atoms with Crippen LogP contribution < -0.4 is 4.90 Å². The van der Waals surface area contributed by atoms with Crippen LogP contribution >= 0.6 is 0 Å². The average Bonchev–Trinajstić information content (AvgIpc) is 2.59. The van der Waals surface area contributed by atoms with Crippen molar-refractivity contribution in [3.63, 3.8) is 0 Å². The van der Waals surface area contributed by atoms with Gasteiger partial charge in [-0.15, -0.1) is 0 Å². The maximum absolute atomic E-state index is 14.1. The fourth-order valence-corrected chi connectivity index (χ4v) is 2.27. The second-order valence-electron chi connectivity index (χ2n) is 5.38. The predicted molar refractivity (Wildman–Crippen MR) is 90.2 cm³/mol. The van der Waals surface area contributed by atoms with Crippen LogP contribution in [0.15, 0.2) is 48.5 Å². The van der Waals surface area contributed by atoms with Crippen LogP contribution in [0.5, 0.6) is 0 Å². The molecule has 2 rings (SSSR count). The Kier molecular flexibility index (Phi) is 6.88. The Bertz CT molecular complexity index is 662. The van der Waals surface area contributed by atoms with Gasteiger partial charge in [-0.05, 0) is 30.7 Å². The first-order valence-electron chi connectivity index (χ1n) is 8.03. The van der Waals surface area contributed by atoms with Gasteiger partial charge in [0.05, 0.1) is 12.3 Å². The molecule has 24 heavy (non-hydrogen) atoms. The van der Waals surface area contributed by atoms with Gasteiger partial charge in [-0.3, -0.25) is 4.79 Å². The van der Waals surface area contributed by atoms with E-state index in [1.807, 2.05) is 0 Å². The maximum Gasteiger partial charge on any atom is 0.258 e. The van der Waals surface area contributed by atoms with Crippen molar-refractivity contribution in [1.29, 1.82) is 0 Å². The van der Waals surface area contributed by atoms with Crippen molar-refractivity contribution in [3.05, 3.63) is 65.7 Å². The number of hydrogen-bond donors (Lipinski definition) is 0. The molecule has 0 fully saturated rings. The smallest absolute Gasteiger partial charge is 0.258 e. The van der Waals surface area contributed by atoms with Gasteiger partial charge in [0.1, 0.15) is 11.6 Å². The number of carbonyl (C=O) groups excluding carboxylic acids is 1. The molecule has 0 saturated carbocycles. The summed E-state index contributed by atoms with van der Waals surface area (Å²) in [4.78, 5) is 14.0. The zero-order valence-electron chi connectivity index (χ0n) is 13.7. The lowest BCUT2D eigenvalue weighted by molar-refractivity contribution is 0.0957. The fourth-order valence-electron chi connectivity index (χ4n) is 2.27. The van der Waals surface area contributed by atoms with Gasteiger partial charge in [-0.2, -0.15) is 0 Å². The van der Waals surface area contributed by atoms with Crippen LogP contribution in [0.25, 0.3) is 0 Å². The third kappa shape index (κ3) is 4.86. The summed E-state index contributed by atoms with van der Waals surface area (Å²) in [7, 11) is 0. The molecule has 0 aliphatic rings. The maximum atomic E-state index is 14.1. The molecule has 3 nitrogen and oxygen atoms in total. The van der Waals surface area contributed by atoms with E-state index in [0.717, 1.165) is 25.0 Å². The number of anilines is 1. The molecule has 0 heterocycles. The van der Waals surface area contributed by atoms with E-state index in [1.54, 1.807) is 30.3 Å². The van der Waals surface area contributed by atoms with E-state index in [0.29, 0.717) is 12.2 Å². The third-order valence-electron chi connectivity index (χ3n) is 3.57. The Morgan fingerprint density at radius 3 is 2.50 bits per heavy atom. The molecule has 0 aliphatic carbocycles. The molecule has 2 aromatic carbocycles. The molecule has 0 saturated heterocycles. The zero-order valence-corrected chi connectivity index (χ0v) is 13.7. The van der Waals surface area contributed by atoms with Crippen molar-refractivity contribution in [2.75, 3.05) is 24.7 Å². The van der Waals surface area contributed by atoms with E-state index >= 15 is 0 Å². The van der Waals surface area contributed by atoms with E-state index in [4.69, 9.17) is 4.74 Å². The Morgan fingerprint density at radius 2 is 1.83 bits per heavy atom. The molecule has 1 amide bonds. The number of halogens is 2. The molecule has 5 heteroatoms. The predicted octanol–water partition coefficient (Wildman–Crippen LogP) is 4.43. The lowest BCUT2D eigenvalue weighted by Gasteiger charge is -2.23. The molecule has 0 bridgehead atoms. The van der Waals surface area contributed by atoms with Crippen LogP contribution in [0.3, 0.4) is 0 Å². The van der Waals surface area contributed by atoms with Crippen LogP contribution in [0, 0.1) is 11.6 Å². The van der Waals surface area contributed by atoms with Gasteiger partial charge in [0.25, 0.3) is 5.91 Å². The second-order valence-corrected chi connectivity index (χ2v) is 5.38. The number of benzene rings is 2. The van der Waals surface area contributed by atoms with Gasteiger partial charge < -0.3 is 9.64 Å². The summed E-state index contributed by atoms with van der Waals surface area (Å²) in [5.74, 6) is -1.80. The summed E-state index contributed by atoms with van der Waals surface area (Å²) in [6, 6.07) is 11.8. The minimum atomic E-state index is -0.771. The van der Waals surface area contributed by atoms with Gasteiger partial charge >= 0.3 is 0 Å². The summed E-state index contributed by atoms with van der Waals surface area (Å²) in [5, 5.41) is 0. The summed E-state index contributed by atoms with van der Waals surface area (Å²) in [6.45, 7) is 3.13. The molecule has 0 unspecified atom stereocenters. The second kappa shape index (κ2) is 9.13. The quantitative estimate of drug-likeness (QED) is 0.669. The molecule has 0 atom stereocenters. The van der Waals surface area contributed by atoms with Crippen LogP contribution in [-0.4, -0.2) is 25.7 Å². The third-order valence-corrected chi connectivity index (χ3v) is 3.57. The molecule has 0 spiro atoms. The van der Waals surface area contributed by atoms with Gasteiger partial charge in [-0.1, -0.05) is 31.5 Å². The van der Waals surface area contributed by atoms with Crippen LogP contribution in [0.4, 0.5) is 14.5 Å². The van der Waals surface area contributed by atoms with Gasteiger partial charge in [-0.25, -0.2) is 8.78 Å². The summed E-state index contributed by atoms with van der Waals surface area (Å²) >= 11 is 0. The van der Waals surface area contributed by atoms with E-state index < -0.39 is 11.6 Å². The molecular weight excluding hydrogens is 312 g/mol. The number of ether oxygens (including phenoxy) is 1. The van der Waals surface area contributed by atoms with Crippen molar-refractivity contribution >= 4 is 11.6 Å². The normalized spacial score (nSPS) is 10.6.